The molecule has 0 fully saturated rings. The summed E-state index contributed by atoms with van der Waals surface area (Å²) in [6.45, 7) is 1.77. The number of hydrogen-bond donors (Lipinski definition) is 1. The lowest BCUT2D eigenvalue weighted by atomic mass is 10.2. The Kier molecular flexibility index (Phi) is 3.62. The van der Waals surface area contributed by atoms with Gasteiger partial charge in [0.05, 0.1) is 6.04 Å². The second-order valence-corrected chi connectivity index (χ2v) is 3.02. The summed E-state index contributed by atoms with van der Waals surface area (Å²) in [6.07, 6.45) is 5.65. The van der Waals surface area contributed by atoms with Crippen molar-refractivity contribution in [2.24, 2.45) is 0 Å². The Morgan fingerprint density at radius 1 is 1.33 bits per heavy atom. The quantitative estimate of drug-likeness (QED) is 0.761. The zero-order valence-electron chi connectivity index (χ0n) is 8.15. The maximum atomic E-state index is 13.1. The van der Waals surface area contributed by atoms with Crippen LogP contribution in [0.3, 0.4) is 0 Å². The third kappa shape index (κ3) is 2.66. The Labute approximate surface area is 86.3 Å². The van der Waals surface area contributed by atoms with Crippen molar-refractivity contribution >= 4 is 5.69 Å². The molecule has 0 bridgehead atoms. The molecule has 0 heterocycles. The highest BCUT2D eigenvalue weighted by Crippen LogP contribution is 2.21. The number of benzene rings is 1. The highest BCUT2D eigenvalue weighted by atomic mass is 19.1. The summed E-state index contributed by atoms with van der Waals surface area (Å²) >= 11 is 0. The predicted octanol–water partition coefficient (Wildman–Crippen LogP) is 2.93. The van der Waals surface area contributed by atoms with Gasteiger partial charge in [0.1, 0.15) is 11.5 Å². The Morgan fingerprint density at radius 2 is 1.87 bits per heavy atom. The first-order chi connectivity index (χ1) is 7.08. The largest absolute Gasteiger partial charge is 0.367 e. The smallest absolute Gasteiger partial charge is 0.152 e. The van der Waals surface area contributed by atoms with Gasteiger partial charge in [0, 0.05) is 12.1 Å². The maximum absolute atomic E-state index is 13.1. The Bertz CT molecular complexity index is 372. The summed E-state index contributed by atoms with van der Waals surface area (Å²) in [5, 5.41) is 2.49. The highest BCUT2D eigenvalue weighted by molar-refractivity contribution is 5.48. The van der Waals surface area contributed by atoms with E-state index in [0.717, 1.165) is 0 Å². The van der Waals surface area contributed by atoms with E-state index in [0.29, 0.717) is 18.6 Å². The molecule has 0 aromatic heterocycles. The minimum Gasteiger partial charge on any atom is -0.367 e. The van der Waals surface area contributed by atoms with E-state index in [1.165, 1.54) is 0 Å². The minimum absolute atomic E-state index is 0.388. The van der Waals surface area contributed by atoms with E-state index in [2.05, 4.69) is 11.2 Å². The van der Waals surface area contributed by atoms with Gasteiger partial charge in [-0.2, -0.15) is 0 Å². The topological polar surface area (TPSA) is 12.0 Å². The van der Waals surface area contributed by atoms with E-state index in [1.54, 1.807) is 6.92 Å². The van der Waals surface area contributed by atoms with Crippen molar-refractivity contribution in [1.82, 2.24) is 0 Å². The van der Waals surface area contributed by atoms with Crippen LogP contribution in [-0.4, -0.2) is 6.04 Å². The molecule has 1 aromatic rings. The normalized spacial score (nSPS) is 11.9. The number of halogens is 3. The van der Waals surface area contributed by atoms with Gasteiger partial charge in [-0.3, -0.25) is 0 Å². The molecule has 0 saturated heterocycles. The van der Waals surface area contributed by atoms with E-state index in [9.17, 15) is 13.2 Å². The van der Waals surface area contributed by atoms with E-state index in [1.807, 2.05) is 0 Å². The molecule has 1 atom stereocenters. The number of anilines is 1. The van der Waals surface area contributed by atoms with Crippen LogP contribution in [0.5, 0.6) is 0 Å². The number of rotatable bonds is 3. The van der Waals surface area contributed by atoms with Crippen molar-refractivity contribution in [2.45, 2.75) is 19.4 Å². The van der Waals surface area contributed by atoms with Gasteiger partial charge in [0.15, 0.2) is 11.6 Å². The van der Waals surface area contributed by atoms with Gasteiger partial charge < -0.3 is 5.32 Å². The fraction of sp³-hybridized carbons (Fsp3) is 0.273. The summed E-state index contributed by atoms with van der Waals surface area (Å²) in [5.74, 6) is -0.593. The first kappa shape index (κ1) is 11.4. The van der Waals surface area contributed by atoms with Crippen LogP contribution in [-0.2, 0) is 0 Å². The highest BCUT2D eigenvalue weighted by Gasteiger charge is 2.13. The lowest BCUT2D eigenvalue weighted by molar-refractivity contribution is 0.545. The molecule has 0 aliphatic carbocycles. The van der Waals surface area contributed by atoms with Gasteiger partial charge in [-0.25, -0.2) is 13.2 Å². The first-order valence-electron chi connectivity index (χ1n) is 4.45. The fourth-order valence-corrected chi connectivity index (χ4v) is 1.12. The van der Waals surface area contributed by atoms with Crippen molar-refractivity contribution in [3.05, 3.63) is 29.6 Å². The van der Waals surface area contributed by atoms with Crippen molar-refractivity contribution < 1.29 is 13.2 Å². The maximum Gasteiger partial charge on any atom is 0.152 e. The molecular formula is C11H10F3N. The third-order valence-corrected chi connectivity index (χ3v) is 1.93. The molecule has 1 N–H and O–H groups in total. The summed E-state index contributed by atoms with van der Waals surface area (Å²) in [5.41, 5.74) is -0.388. The second-order valence-electron chi connectivity index (χ2n) is 3.02. The molecule has 4 heteroatoms. The average Bonchev–Trinajstić information content (AvgIpc) is 2.17. The standard InChI is InChI=1S/C11H10F3N/c1-3-8(4-2)15-11-9(13)5-7(12)6-10(11)14/h1,5-6,8,15H,4H2,2H3. The number of nitrogens with one attached hydrogen (secondary N) is 1. The summed E-state index contributed by atoms with van der Waals surface area (Å²) < 4.78 is 38.8. The molecule has 0 radical (unpaired) electrons. The van der Waals surface area contributed by atoms with Gasteiger partial charge >= 0.3 is 0 Å². The van der Waals surface area contributed by atoms with Crippen LogP contribution in [0.25, 0.3) is 0 Å². The van der Waals surface area contributed by atoms with E-state index in [-0.39, 0.29) is 5.69 Å². The van der Waals surface area contributed by atoms with Crippen molar-refractivity contribution in [2.75, 3.05) is 5.32 Å². The number of hydrogen-bond acceptors (Lipinski definition) is 1. The fourth-order valence-electron chi connectivity index (χ4n) is 1.12. The van der Waals surface area contributed by atoms with Crippen LogP contribution >= 0.6 is 0 Å². The molecule has 15 heavy (non-hydrogen) atoms. The Hall–Kier alpha value is -1.63. The summed E-state index contributed by atoms with van der Waals surface area (Å²) in [7, 11) is 0. The van der Waals surface area contributed by atoms with Gasteiger partial charge in [-0.15, -0.1) is 6.42 Å². The lowest BCUT2D eigenvalue weighted by Crippen LogP contribution is -2.17. The second kappa shape index (κ2) is 4.74. The molecule has 0 amide bonds. The van der Waals surface area contributed by atoms with Crippen LogP contribution in [0.15, 0.2) is 12.1 Å². The first-order valence-corrected chi connectivity index (χ1v) is 4.45. The van der Waals surface area contributed by atoms with Crippen molar-refractivity contribution in [3.8, 4) is 12.3 Å². The SMILES string of the molecule is C#CC(CC)Nc1c(F)cc(F)cc1F. The van der Waals surface area contributed by atoms with E-state index >= 15 is 0 Å². The zero-order valence-corrected chi connectivity index (χ0v) is 8.15. The summed E-state index contributed by atoms with van der Waals surface area (Å²) in [6, 6.07) is 0.739. The molecule has 1 rings (SSSR count). The average molecular weight is 213 g/mol. The van der Waals surface area contributed by atoms with Crippen LogP contribution < -0.4 is 5.32 Å². The molecule has 0 aliphatic rings. The molecule has 0 saturated carbocycles. The van der Waals surface area contributed by atoms with Gasteiger partial charge in [0.25, 0.3) is 0 Å². The summed E-state index contributed by atoms with van der Waals surface area (Å²) in [4.78, 5) is 0. The molecule has 1 nitrogen and oxygen atoms in total. The lowest BCUT2D eigenvalue weighted by Gasteiger charge is -2.13. The molecule has 1 unspecified atom stereocenters. The van der Waals surface area contributed by atoms with Crippen LogP contribution in [0, 0.1) is 29.8 Å². The van der Waals surface area contributed by atoms with Crippen LogP contribution in [0.1, 0.15) is 13.3 Å². The van der Waals surface area contributed by atoms with E-state index < -0.39 is 23.5 Å². The predicted molar refractivity (Wildman–Crippen MR) is 52.9 cm³/mol. The van der Waals surface area contributed by atoms with Crippen molar-refractivity contribution in [1.29, 1.82) is 0 Å². The number of terminal acetylenes is 1. The molecule has 1 aromatic carbocycles. The molecule has 0 aliphatic heterocycles. The molecular weight excluding hydrogens is 203 g/mol. The van der Waals surface area contributed by atoms with Gasteiger partial charge in [-0.05, 0) is 6.42 Å². The van der Waals surface area contributed by atoms with Crippen molar-refractivity contribution in [3.63, 3.8) is 0 Å². The van der Waals surface area contributed by atoms with Gasteiger partial charge in [-0.1, -0.05) is 12.8 Å². The van der Waals surface area contributed by atoms with Gasteiger partial charge in [0.2, 0.25) is 0 Å². The Morgan fingerprint density at radius 3 is 2.27 bits per heavy atom. The van der Waals surface area contributed by atoms with Crippen LogP contribution in [0.2, 0.25) is 0 Å². The third-order valence-electron chi connectivity index (χ3n) is 1.93. The molecule has 80 valence electrons. The monoisotopic (exact) mass is 213 g/mol. The molecule has 0 spiro atoms. The minimum atomic E-state index is -0.985. The van der Waals surface area contributed by atoms with Crippen LogP contribution in [0.4, 0.5) is 18.9 Å². The van der Waals surface area contributed by atoms with E-state index in [4.69, 9.17) is 6.42 Å². The Balaban J connectivity index is 3.00. The zero-order chi connectivity index (χ0) is 11.4.